The van der Waals surface area contributed by atoms with Crippen molar-refractivity contribution < 1.29 is 14.5 Å². The van der Waals surface area contributed by atoms with Gasteiger partial charge in [0.25, 0.3) is 5.91 Å². The van der Waals surface area contributed by atoms with Crippen molar-refractivity contribution in [2.75, 3.05) is 19.5 Å². The average Bonchev–Trinajstić information content (AvgIpc) is 2.42. The first-order chi connectivity index (χ1) is 9.11. The van der Waals surface area contributed by atoms with Crippen molar-refractivity contribution in [3.05, 3.63) is 33.9 Å². The maximum atomic E-state index is 11.9. The lowest BCUT2D eigenvalue weighted by Gasteiger charge is -2.09. The van der Waals surface area contributed by atoms with E-state index in [2.05, 4.69) is 5.32 Å². The van der Waals surface area contributed by atoms with Crippen LogP contribution < -0.4 is 10.1 Å². The average molecular weight is 287 g/mol. The van der Waals surface area contributed by atoms with Crippen LogP contribution in [-0.2, 0) is 0 Å². The summed E-state index contributed by atoms with van der Waals surface area (Å²) in [7, 11) is 1.30. The Morgan fingerprint density at radius 1 is 1.47 bits per heavy atom. The Morgan fingerprint density at radius 3 is 2.79 bits per heavy atom. The molecule has 0 aliphatic rings. The Hall–Kier alpha value is -1.82. The molecule has 0 aromatic heterocycles. The molecule has 0 fully saturated rings. The van der Waals surface area contributed by atoms with Gasteiger partial charge in [0.2, 0.25) is 5.75 Å². The van der Waals surface area contributed by atoms with Crippen molar-refractivity contribution in [3.63, 3.8) is 0 Å². The van der Waals surface area contributed by atoms with Crippen LogP contribution >= 0.6 is 11.6 Å². The fraction of sp³-hybridized carbons (Fsp3) is 0.417. The second-order valence-electron chi connectivity index (χ2n) is 3.77. The number of unbranched alkanes of at least 4 members (excludes halogenated alkanes) is 1. The predicted octanol–water partition coefficient (Wildman–Crippen LogP) is 2.35. The molecule has 0 atom stereocenters. The number of amides is 1. The number of rotatable bonds is 7. The monoisotopic (exact) mass is 286 g/mol. The van der Waals surface area contributed by atoms with Gasteiger partial charge in [-0.1, -0.05) is 6.07 Å². The fourth-order valence-corrected chi connectivity index (χ4v) is 1.77. The van der Waals surface area contributed by atoms with Crippen LogP contribution in [0.1, 0.15) is 23.2 Å². The van der Waals surface area contributed by atoms with Gasteiger partial charge >= 0.3 is 5.69 Å². The number of carbonyl (C=O) groups excluding carboxylic acids is 1. The minimum atomic E-state index is -0.580. The number of halogens is 1. The highest BCUT2D eigenvalue weighted by molar-refractivity contribution is 6.17. The van der Waals surface area contributed by atoms with Gasteiger partial charge in [-0.2, -0.15) is 0 Å². The lowest BCUT2D eigenvalue weighted by atomic mass is 10.1. The first-order valence-electron chi connectivity index (χ1n) is 5.77. The maximum Gasteiger partial charge on any atom is 0.311 e. The summed E-state index contributed by atoms with van der Waals surface area (Å²) in [5, 5.41) is 13.5. The number of benzene rings is 1. The molecule has 6 nitrogen and oxygen atoms in total. The van der Waals surface area contributed by atoms with Gasteiger partial charge in [0.1, 0.15) is 0 Å². The summed E-state index contributed by atoms with van der Waals surface area (Å²) in [5.41, 5.74) is -0.0709. The Bertz CT molecular complexity index is 465. The second kappa shape index (κ2) is 7.58. The molecular weight excluding hydrogens is 272 g/mol. The third-order valence-corrected chi connectivity index (χ3v) is 2.75. The molecule has 19 heavy (non-hydrogen) atoms. The molecule has 1 amide bonds. The number of hydrogen-bond acceptors (Lipinski definition) is 4. The largest absolute Gasteiger partial charge is 0.490 e. The molecule has 0 bridgehead atoms. The quantitative estimate of drug-likeness (QED) is 0.361. The molecule has 7 heteroatoms. The smallest absolute Gasteiger partial charge is 0.311 e. The zero-order chi connectivity index (χ0) is 14.3. The Labute approximate surface area is 115 Å². The van der Waals surface area contributed by atoms with E-state index in [1.807, 2.05) is 0 Å². The van der Waals surface area contributed by atoms with Crippen LogP contribution in [0.5, 0.6) is 5.75 Å². The van der Waals surface area contributed by atoms with Gasteiger partial charge in [0.15, 0.2) is 0 Å². The van der Waals surface area contributed by atoms with E-state index in [4.69, 9.17) is 16.3 Å². The zero-order valence-corrected chi connectivity index (χ0v) is 11.3. The Kier molecular flexibility index (Phi) is 6.08. The van der Waals surface area contributed by atoms with Gasteiger partial charge in [0, 0.05) is 18.5 Å². The van der Waals surface area contributed by atoms with E-state index in [9.17, 15) is 14.9 Å². The number of nitro groups is 1. The van der Waals surface area contributed by atoms with Crippen LogP contribution in [-0.4, -0.2) is 30.4 Å². The number of para-hydroxylation sites is 1. The molecule has 104 valence electrons. The van der Waals surface area contributed by atoms with Crippen molar-refractivity contribution in [2.45, 2.75) is 12.8 Å². The summed E-state index contributed by atoms with van der Waals surface area (Å²) in [6.07, 6.45) is 1.56. The van der Waals surface area contributed by atoms with Crippen LogP contribution in [0.3, 0.4) is 0 Å². The number of nitrogens with one attached hydrogen (secondary N) is 1. The fourth-order valence-electron chi connectivity index (χ4n) is 1.58. The van der Waals surface area contributed by atoms with E-state index in [0.29, 0.717) is 12.4 Å². The van der Waals surface area contributed by atoms with E-state index < -0.39 is 10.8 Å². The summed E-state index contributed by atoms with van der Waals surface area (Å²) >= 11 is 5.53. The molecule has 0 radical (unpaired) electrons. The van der Waals surface area contributed by atoms with Gasteiger partial charge in [-0.05, 0) is 18.9 Å². The van der Waals surface area contributed by atoms with Crippen LogP contribution in [0.4, 0.5) is 5.69 Å². The number of ether oxygens (including phenoxy) is 1. The van der Waals surface area contributed by atoms with Crippen LogP contribution in [0.2, 0.25) is 0 Å². The molecule has 0 heterocycles. The van der Waals surface area contributed by atoms with Crippen molar-refractivity contribution in [1.29, 1.82) is 0 Å². The molecule has 1 aromatic rings. The highest BCUT2D eigenvalue weighted by atomic mass is 35.5. The molecule has 1 N–H and O–H groups in total. The Balaban J connectivity index is 2.84. The van der Waals surface area contributed by atoms with E-state index in [1.54, 1.807) is 0 Å². The SMILES string of the molecule is COc1c(C(=O)NCCCCCl)cccc1[N+](=O)[O-]. The molecule has 0 spiro atoms. The minimum absolute atomic E-state index is 0.0256. The summed E-state index contributed by atoms with van der Waals surface area (Å²) in [4.78, 5) is 22.2. The van der Waals surface area contributed by atoms with Gasteiger partial charge < -0.3 is 10.1 Å². The zero-order valence-electron chi connectivity index (χ0n) is 10.5. The van der Waals surface area contributed by atoms with Crippen LogP contribution in [0, 0.1) is 10.1 Å². The lowest BCUT2D eigenvalue weighted by Crippen LogP contribution is -2.25. The topological polar surface area (TPSA) is 81.5 Å². The molecule has 0 saturated carbocycles. The van der Waals surface area contributed by atoms with Crippen molar-refractivity contribution in [1.82, 2.24) is 5.32 Å². The highest BCUT2D eigenvalue weighted by Gasteiger charge is 2.21. The van der Waals surface area contributed by atoms with E-state index in [0.717, 1.165) is 12.8 Å². The number of nitro benzene ring substituents is 1. The molecule has 0 saturated heterocycles. The maximum absolute atomic E-state index is 11.9. The Morgan fingerprint density at radius 2 is 2.21 bits per heavy atom. The molecule has 0 aliphatic carbocycles. The van der Waals surface area contributed by atoms with E-state index in [1.165, 1.54) is 25.3 Å². The standard InChI is InChI=1S/C12H15ClN2O4/c1-19-11-9(5-4-6-10(11)15(17)18)12(16)14-8-3-2-7-13/h4-6H,2-3,7-8H2,1H3,(H,14,16). The normalized spacial score (nSPS) is 10.0. The molecule has 0 unspecified atom stereocenters. The van der Waals surface area contributed by atoms with Gasteiger partial charge in [0.05, 0.1) is 17.6 Å². The third kappa shape index (κ3) is 4.10. The number of methoxy groups -OCH3 is 1. The third-order valence-electron chi connectivity index (χ3n) is 2.49. The summed E-state index contributed by atoms with van der Waals surface area (Å²) in [5.74, 6) is 0.119. The van der Waals surface area contributed by atoms with Crippen LogP contribution in [0.25, 0.3) is 0 Å². The number of hydrogen-bond donors (Lipinski definition) is 1. The second-order valence-corrected chi connectivity index (χ2v) is 4.15. The lowest BCUT2D eigenvalue weighted by molar-refractivity contribution is -0.385. The summed E-state index contributed by atoms with van der Waals surface area (Å²) in [6.45, 7) is 0.470. The van der Waals surface area contributed by atoms with Gasteiger partial charge in [-0.3, -0.25) is 14.9 Å². The van der Waals surface area contributed by atoms with Gasteiger partial charge in [-0.15, -0.1) is 11.6 Å². The number of carbonyl (C=O) groups is 1. The molecule has 1 aromatic carbocycles. The van der Waals surface area contributed by atoms with E-state index in [-0.39, 0.29) is 17.0 Å². The number of nitrogens with zero attached hydrogens (tertiary/aromatic N) is 1. The van der Waals surface area contributed by atoms with Gasteiger partial charge in [-0.25, -0.2) is 0 Å². The molecule has 1 rings (SSSR count). The molecule has 0 aliphatic heterocycles. The van der Waals surface area contributed by atoms with Crippen molar-refractivity contribution >= 4 is 23.2 Å². The highest BCUT2D eigenvalue weighted by Crippen LogP contribution is 2.30. The first kappa shape index (κ1) is 15.2. The predicted molar refractivity (Wildman–Crippen MR) is 71.9 cm³/mol. The van der Waals surface area contributed by atoms with Crippen molar-refractivity contribution in [3.8, 4) is 5.75 Å². The first-order valence-corrected chi connectivity index (χ1v) is 6.30. The summed E-state index contributed by atoms with van der Waals surface area (Å²) in [6, 6.07) is 4.24. The van der Waals surface area contributed by atoms with Crippen LogP contribution in [0.15, 0.2) is 18.2 Å². The summed E-state index contributed by atoms with van der Waals surface area (Å²) < 4.78 is 4.96. The minimum Gasteiger partial charge on any atom is -0.490 e. The molecular formula is C12H15ClN2O4. The van der Waals surface area contributed by atoms with E-state index >= 15 is 0 Å². The van der Waals surface area contributed by atoms with Crippen molar-refractivity contribution in [2.24, 2.45) is 0 Å². The number of alkyl halides is 1.